The number of nitrogens with zero attached hydrogens (tertiary/aromatic N) is 3. The summed E-state index contributed by atoms with van der Waals surface area (Å²) < 4.78 is 0.614. The highest BCUT2D eigenvalue weighted by Crippen LogP contribution is 2.25. The molecule has 8 heteroatoms. The van der Waals surface area contributed by atoms with Crippen LogP contribution in [0.2, 0.25) is 0 Å². The van der Waals surface area contributed by atoms with Gasteiger partial charge in [-0.1, -0.05) is 22.0 Å². The number of rotatable bonds is 4. The quantitative estimate of drug-likeness (QED) is 0.614. The summed E-state index contributed by atoms with van der Waals surface area (Å²) in [5.74, 6) is 0.0854. The SMILES string of the molecule is O=C(Cc1ccc([N+](=O)[O-])cc1Br)N1CCC(N2CCNCC2)C1. The maximum absolute atomic E-state index is 12.6. The van der Waals surface area contributed by atoms with Gasteiger partial charge in [0.05, 0.1) is 11.3 Å². The van der Waals surface area contributed by atoms with E-state index in [-0.39, 0.29) is 18.0 Å². The molecule has 0 radical (unpaired) electrons. The van der Waals surface area contributed by atoms with E-state index >= 15 is 0 Å². The van der Waals surface area contributed by atoms with Crippen molar-refractivity contribution < 1.29 is 9.72 Å². The lowest BCUT2D eigenvalue weighted by Gasteiger charge is -2.32. The molecule has 0 aliphatic carbocycles. The van der Waals surface area contributed by atoms with Gasteiger partial charge in [-0.3, -0.25) is 19.8 Å². The van der Waals surface area contributed by atoms with E-state index in [1.165, 1.54) is 12.1 Å². The van der Waals surface area contributed by atoms with Gasteiger partial charge >= 0.3 is 0 Å². The number of non-ortho nitro benzene ring substituents is 1. The van der Waals surface area contributed by atoms with Crippen molar-refractivity contribution in [1.82, 2.24) is 15.1 Å². The van der Waals surface area contributed by atoms with E-state index in [0.717, 1.165) is 51.3 Å². The predicted octanol–water partition coefficient (Wildman–Crippen LogP) is 1.41. The van der Waals surface area contributed by atoms with E-state index in [1.807, 2.05) is 4.90 Å². The smallest absolute Gasteiger partial charge is 0.270 e. The summed E-state index contributed by atoms with van der Waals surface area (Å²) >= 11 is 3.34. The molecule has 3 rings (SSSR count). The van der Waals surface area contributed by atoms with E-state index in [1.54, 1.807) is 6.07 Å². The molecule has 0 bridgehead atoms. The number of likely N-dealkylation sites (tertiary alicyclic amines) is 1. The zero-order valence-electron chi connectivity index (χ0n) is 13.4. The van der Waals surface area contributed by atoms with Crippen LogP contribution in [0, 0.1) is 10.1 Å². The summed E-state index contributed by atoms with van der Waals surface area (Å²) in [7, 11) is 0. The third-order valence-electron chi connectivity index (χ3n) is 4.77. The minimum atomic E-state index is -0.436. The topological polar surface area (TPSA) is 78.7 Å². The van der Waals surface area contributed by atoms with Crippen molar-refractivity contribution >= 4 is 27.5 Å². The minimum Gasteiger partial charge on any atom is -0.341 e. The molecule has 0 spiro atoms. The van der Waals surface area contributed by atoms with Crippen molar-refractivity contribution in [2.24, 2.45) is 0 Å². The highest BCUT2D eigenvalue weighted by Gasteiger charge is 2.31. The van der Waals surface area contributed by atoms with Gasteiger partial charge in [0, 0.05) is 61.9 Å². The van der Waals surface area contributed by atoms with Crippen molar-refractivity contribution in [3.05, 3.63) is 38.3 Å². The number of hydrogen-bond donors (Lipinski definition) is 1. The van der Waals surface area contributed by atoms with Gasteiger partial charge in [-0.25, -0.2) is 0 Å². The lowest BCUT2D eigenvalue weighted by atomic mass is 10.1. The fraction of sp³-hybridized carbons (Fsp3) is 0.562. The van der Waals surface area contributed by atoms with Crippen molar-refractivity contribution in [2.45, 2.75) is 18.9 Å². The van der Waals surface area contributed by atoms with Gasteiger partial charge in [-0.15, -0.1) is 0 Å². The van der Waals surface area contributed by atoms with E-state index in [4.69, 9.17) is 0 Å². The largest absolute Gasteiger partial charge is 0.341 e. The summed E-state index contributed by atoms with van der Waals surface area (Å²) in [6.07, 6.45) is 1.29. The third-order valence-corrected chi connectivity index (χ3v) is 5.51. The van der Waals surface area contributed by atoms with Crippen molar-refractivity contribution in [1.29, 1.82) is 0 Å². The van der Waals surface area contributed by atoms with Crippen LogP contribution >= 0.6 is 15.9 Å². The molecular formula is C16H21BrN4O3. The van der Waals surface area contributed by atoms with Gasteiger partial charge in [0.2, 0.25) is 5.91 Å². The molecule has 1 unspecified atom stereocenters. The van der Waals surface area contributed by atoms with Crippen molar-refractivity contribution in [2.75, 3.05) is 39.3 Å². The lowest BCUT2D eigenvalue weighted by molar-refractivity contribution is -0.384. The zero-order chi connectivity index (χ0) is 17.1. The van der Waals surface area contributed by atoms with Crippen LogP contribution in [0.3, 0.4) is 0 Å². The summed E-state index contributed by atoms with van der Waals surface area (Å²) in [4.78, 5) is 27.3. The first-order valence-corrected chi connectivity index (χ1v) is 8.99. The second-order valence-corrected chi connectivity index (χ2v) is 7.13. The molecule has 1 atom stereocenters. The molecule has 2 heterocycles. The first kappa shape index (κ1) is 17.3. The Morgan fingerprint density at radius 1 is 1.33 bits per heavy atom. The molecule has 0 aromatic heterocycles. The van der Waals surface area contributed by atoms with Gasteiger partial charge in [-0.05, 0) is 12.0 Å². The number of carbonyl (C=O) groups is 1. The molecule has 2 aliphatic heterocycles. The Kier molecular flexibility index (Phi) is 5.47. The second-order valence-electron chi connectivity index (χ2n) is 6.28. The van der Waals surface area contributed by atoms with Crippen LogP contribution in [0.5, 0.6) is 0 Å². The van der Waals surface area contributed by atoms with E-state index in [9.17, 15) is 14.9 Å². The number of nitro groups is 1. The number of carbonyl (C=O) groups excluding carboxylic acids is 1. The summed E-state index contributed by atoms with van der Waals surface area (Å²) in [6.45, 7) is 5.68. The zero-order valence-corrected chi connectivity index (χ0v) is 15.0. The molecule has 1 amide bonds. The van der Waals surface area contributed by atoms with Gasteiger partial charge < -0.3 is 10.2 Å². The first-order valence-electron chi connectivity index (χ1n) is 8.20. The standard InChI is InChI=1S/C16H21BrN4O3/c17-15-10-13(21(23)24)2-1-12(15)9-16(22)20-6-3-14(11-20)19-7-4-18-5-8-19/h1-2,10,14,18H,3-9,11H2. The number of hydrogen-bond acceptors (Lipinski definition) is 5. The predicted molar refractivity (Wildman–Crippen MR) is 93.9 cm³/mol. The number of piperazine rings is 1. The Balaban J connectivity index is 1.58. The molecule has 1 N–H and O–H groups in total. The van der Waals surface area contributed by atoms with Gasteiger partial charge in [0.25, 0.3) is 5.69 Å². The summed E-state index contributed by atoms with van der Waals surface area (Å²) in [6, 6.07) is 5.01. The Morgan fingerprint density at radius 3 is 2.75 bits per heavy atom. The normalized spacial score (nSPS) is 21.9. The van der Waals surface area contributed by atoms with E-state index in [0.29, 0.717) is 10.5 Å². The van der Waals surface area contributed by atoms with Crippen LogP contribution in [-0.4, -0.2) is 65.9 Å². The van der Waals surface area contributed by atoms with Crippen molar-refractivity contribution in [3.63, 3.8) is 0 Å². The highest BCUT2D eigenvalue weighted by atomic mass is 79.9. The van der Waals surface area contributed by atoms with Crippen molar-refractivity contribution in [3.8, 4) is 0 Å². The van der Waals surface area contributed by atoms with Crippen LogP contribution in [-0.2, 0) is 11.2 Å². The molecule has 2 fully saturated rings. The Labute approximate surface area is 149 Å². The molecule has 7 nitrogen and oxygen atoms in total. The van der Waals surface area contributed by atoms with E-state index < -0.39 is 4.92 Å². The Bertz CT molecular complexity index is 634. The Morgan fingerprint density at radius 2 is 2.08 bits per heavy atom. The van der Waals surface area contributed by atoms with Gasteiger partial charge in [0.1, 0.15) is 0 Å². The maximum Gasteiger partial charge on any atom is 0.270 e. The molecule has 130 valence electrons. The number of amides is 1. The van der Waals surface area contributed by atoms with E-state index in [2.05, 4.69) is 26.1 Å². The first-order chi connectivity index (χ1) is 11.5. The average Bonchev–Trinajstić information content (AvgIpc) is 3.07. The minimum absolute atomic E-state index is 0.0259. The number of halogens is 1. The number of nitro benzene ring substituents is 1. The average molecular weight is 397 g/mol. The molecule has 1 aromatic rings. The summed E-state index contributed by atoms with van der Waals surface area (Å²) in [5, 5.41) is 14.1. The maximum atomic E-state index is 12.6. The van der Waals surface area contributed by atoms with Crippen LogP contribution < -0.4 is 5.32 Å². The number of benzene rings is 1. The van der Waals surface area contributed by atoms with Crippen LogP contribution in [0.15, 0.2) is 22.7 Å². The van der Waals surface area contributed by atoms with Crippen LogP contribution in [0.4, 0.5) is 5.69 Å². The van der Waals surface area contributed by atoms with Gasteiger partial charge in [0.15, 0.2) is 0 Å². The third kappa shape index (κ3) is 3.93. The van der Waals surface area contributed by atoms with Gasteiger partial charge in [-0.2, -0.15) is 0 Å². The molecule has 1 aromatic carbocycles. The monoisotopic (exact) mass is 396 g/mol. The molecular weight excluding hydrogens is 376 g/mol. The Hall–Kier alpha value is -1.51. The molecule has 2 saturated heterocycles. The lowest BCUT2D eigenvalue weighted by Crippen LogP contribution is -2.49. The fourth-order valence-corrected chi connectivity index (χ4v) is 3.89. The summed E-state index contributed by atoms with van der Waals surface area (Å²) in [5.41, 5.74) is 0.814. The fourth-order valence-electron chi connectivity index (χ4n) is 3.38. The highest BCUT2D eigenvalue weighted by molar-refractivity contribution is 9.10. The molecule has 2 aliphatic rings. The van der Waals surface area contributed by atoms with Crippen LogP contribution in [0.25, 0.3) is 0 Å². The number of nitrogens with one attached hydrogen (secondary N) is 1. The second kappa shape index (κ2) is 7.58. The molecule has 24 heavy (non-hydrogen) atoms. The molecule has 0 saturated carbocycles. The van der Waals surface area contributed by atoms with Crippen LogP contribution in [0.1, 0.15) is 12.0 Å².